The molecule has 0 bridgehead atoms. The zero-order valence-corrected chi connectivity index (χ0v) is 10.6. The summed E-state index contributed by atoms with van der Waals surface area (Å²) >= 11 is 0. The van der Waals surface area contributed by atoms with Crippen LogP contribution in [0.1, 0.15) is 6.42 Å². The second kappa shape index (κ2) is 4.52. The van der Waals surface area contributed by atoms with Crippen molar-refractivity contribution in [3.8, 4) is 0 Å². The van der Waals surface area contributed by atoms with Gasteiger partial charge in [0.15, 0.2) is 0 Å². The minimum Gasteiger partial charge on any atom is -0.550 e. The summed E-state index contributed by atoms with van der Waals surface area (Å²) in [4.78, 5) is 12.1. The van der Waals surface area contributed by atoms with E-state index < -0.39 is 12.1 Å². The smallest absolute Gasteiger partial charge is 0.550 e. The minimum absolute atomic E-state index is 0. The summed E-state index contributed by atoms with van der Waals surface area (Å²) in [5.74, 6) is -1.03. The van der Waals surface area contributed by atoms with Gasteiger partial charge in [-0.1, -0.05) is 12.2 Å². The third-order valence-corrected chi connectivity index (χ3v) is 2.46. The molecule has 1 saturated heterocycles. The predicted molar refractivity (Wildman–Crippen MR) is 39.1 cm³/mol. The van der Waals surface area contributed by atoms with Crippen LogP contribution in [0, 0.1) is 0 Å². The van der Waals surface area contributed by atoms with Crippen molar-refractivity contribution in [1.82, 2.24) is 4.90 Å². The van der Waals surface area contributed by atoms with Crippen LogP contribution in [0.25, 0.3) is 0 Å². The molecule has 1 aliphatic heterocycles. The minimum atomic E-state index is -1.03. The first kappa shape index (κ1) is 11.8. The standard InChI is InChI=1S/C8H11NO3.K/c10-6-2-1-5-8(6)9(5)4-3-7(11)12;/h1-2,5-6,8,10H,3-4H2,(H,11,12);/q;+1/p-1/t5-,6-,8-,9?;/m0./s1. The number of carbonyl (C=O) groups excluding carboxylic acids is 1. The first-order valence-corrected chi connectivity index (χ1v) is 4.02. The molecule has 0 spiro atoms. The molecule has 1 aliphatic carbocycles. The fourth-order valence-corrected chi connectivity index (χ4v) is 1.80. The molecule has 4 atom stereocenters. The number of aliphatic hydroxyl groups excluding tert-OH is 1. The average molecular weight is 207 g/mol. The number of carboxylic acid groups (broad SMARTS) is 1. The fourth-order valence-electron chi connectivity index (χ4n) is 1.80. The van der Waals surface area contributed by atoms with Gasteiger partial charge in [-0.3, -0.25) is 4.90 Å². The molecule has 0 radical (unpaired) electrons. The van der Waals surface area contributed by atoms with Gasteiger partial charge in [0, 0.05) is 18.6 Å². The maximum atomic E-state index is 10.1. The molecule has 4 nitrogen and oxygen atoms in total. The van der Waals surface area contributed by atoms with E-state index in [9.17, 15) is 15.0 Å². The van der Waals surface area contributed by atoms with Crippen molar-refractivity contribution in [3.05, 3.63) is 12.2 Å². The van der Waals surface area contributed by atoms with Crippen LogP contribution in [0.5, 0.6) is 0 Å². The SMILES string of the molecule is O=C([O-])CCN1[C@@H]2[C@@H](O)C=C[C@@H]21.[K+]. The van der Waals surface area contributed by atoms with Crippen molar-refractivity contribution in [2.24, 2.45) is 0 Å². The van der Waals surface area contributed by atoms with Crippen LogP contribution in [0.3, 0.4) is 0 Å². The van der Waals surface area contributed by atoms with Gasteiger partial charge in [-0.05, 0) is 6.42 Å². The van der Waals surface area contributed by atoms with E-state index >= 15 is 0 Å². The number of fused-ring (bicyclic) bond motifs is 1. The summed E-state index contributed by atoms with van der Waals surface area (Å²) in [7, 11) is 0. The number of carbonyl (C=O) groups is 1. The van der Waals surface area contributed by atoms with Gasteiger partial charge in [0.05, 0.1) is 12.1 Å². The Bertz CT molecular complexity index is 244. The topological polar surface area (TPSA) is 63.4 Å². The third-order valence-electron chi connectivity index (χ3n) is 2.46. The number of hydrogen-bond donors (Lipinski definition) is 1. The van der Waals surface area contributed by atoms with E-state index in [0.29, 0.717) is 6.54 Å². The molecular weight excluding hydrogens is 197 g/mol. The maximum Gasteiger partial charge on any atom is 1.00 e. The number of rotatable bonds is 3. The molecule has 0 aromatic rings. The van der Waals surface area contributed by atoms with Crippen molar-refractivity contribution in [2.75, 3.05) is 6.54 Å². The van der Waals surface area contributed by atoms with Gasteiger partial charge in [0.1, 0.15) is 0 Å². The first-order chi connectivity index (χ1) is 5.70. The Kier molecular flexibility index (Phi) is 4.12. The Labute approximate surface area is 119 Å². The fraction of sp³-hybridized carbons (Fsp3) is 0.625. The Morgan fingerprint density at radius 2 is 2.23 bits per heavy atom. The van der Waals surface area contributed by atoms with Crippen LogP contribution in [-0.2, 0) is 4.79 Å². The summed E-state index contributed by atoms with van der Waals surface area (Å²) in [6.07, 6.45) is 3.32. The summed E-state index contributed by atoms with van der Waals surface area (Å²) in [5, 5.41) is 19.4. The van der Waals surface area contributed by atoms with Crippen LogP contribution < -0.4 is 56.5 Å². The zero-order valence-electron chi connectivity index (χ0n) is 7.51. The maximum absolute atomic E-state index is 10.1. The van der Waals surface area contributed by atoms with E-state index in [-0.39, 0.29) is 69.9 Å². The van der Waals surface area contributed by atoms with E-state index in [1.807, 2.05) is 11.0 Å². The third kappa shape index (κ3) is 2.41. The second-order valence-electron chi connectivity index (χ2n) is 3.22. The number of hydrogen-bond acceptors (Lipinski definition) is 4. The zero-order chi connectivity index (χ0) is 8.72. The molecule has 66 valence electrons. The molecule has 1 unspecified atom stereocenters. The van der Waals surface area contributed by atoms with Crippen LogP contribution in [0.4, 0.5) is 0 Å². The Hall–Kier alpha value is 0.766. The molecule has 1 fully saturated rings. The molecule has 13 heavy (non-hydrogen) atoms. The Morgan fingerprint density at radius 1 is 1.54 bits per heavy atom. The normalized spacial score (nSPS) is 39.5. The molecule has 5 heteroatoms. The van der Waals surface area contributed by atoms with Crippen LogP contribution in [-0.4, -0.2) is 40.7 Å². The molecule has 1 heterocycles. The van der Waals surface area contributed by atoms with Crippen molar-refractivity contribution in [1.29, 1.82) is 0 Å². The first-order valence-electron chi connectivity index (χ1n) is 4.02. The van der Waals surface area contributed by atoms with Gasteiger partial charge in [-0.25, -0.2) is 0 Å². The van der Waals surface area contributed by atoms with E-state index in [1.165, 1.54) is 0 Å². The van der Waals surface area contributed by atoms with E-state index in [4.69, 9.17) is 0 Å². The number of aliphatic hydroxyl groups is 1. The largest absolute Gasteiger partial charge is 1.00 e. The Balaban J connectivity index is 0.000000845. The van der Waals surface area contributed by atoms with E-state index in [0.717, 1.165) is 0 Å². The molecule has 1 N–H and O–H groups in total. The van der Waals surface area contributed by atoms with Gasteiger partial charge in [-0.15, -0.1) is 0 Å². The van der Waals surface area contributed by atoms with Gasteiger partial charge < -0.3 is 15.0 Å². The van der Waals surface area contributed by atoms with Crippen molar-refractivity contribution >= 4 is 5.97 Å². The summed E-state index contributed by atoms with van der Waals surface area (Å²) in [6, 6.07) is 0.420. The van der Waals surface area contributed by atoms with E-state index in [2.05, 4.69) is 0 Å². The van der Waals surface area contributed by atoms with Crippen LogP contribution in [0.15, 0.2) is 12.2 Å². The summed E-state index contributed by atoms with van der Waals surface area (Å²) in [5.41, 5.74) is 0. The number of aliphatic carboxylic acids is 1. The van der Waals surface area contributed by atoms with Gasteiger partial charge >= 0.3 is 51.4 Å². The Morgan fingerprint density at radius 3 is 2.69 bits per heavy atom. The number of nitrogens with zero attached hydrogens (tertiary/aromatic N) is 1. The molecule has 2 aliphatic rings. The molecule has 0 aromatic heterocycles. The predicted octanol–water partition coefficient (Wildman–Crippen LogP) is -4.89. The monoisotopic (exact) mass is 207 g/mol. The molecule has 0 saturated carbocycles. The van der Waals surface area contributed by atoms with Gasteiger partial charge in [0.25, 0.3) is 0 Å². The summed E-state index contributed by atoms with van der Waals surface area (Å²) in [6.45, 7) is 0.485. The second-order valence-corrected chi connectivity index (χ2v) is 3.22. The summed E-state index contributed by atoms with van der Waals surface area (Å²) < 4.78 is 0. The van der Waals surface area contributed by atoms with Crippen molar-refractivity contribution in [2.45, 2.75) is 24.6 Å². The van der Waals surface area contributed by atoms with Crippen LogP contribution >= 0.6 is 0 Å². The van der Waals surface area contributed by atoms with Crippen molar-refractivity contribution in [3.63, 3.8) is 0 Å². The van der Waals surface area contributed by atoms with Gasteiger partial charge in [0.2, 0.25) is 0 Å². The molecular formula is C8H10KNO3. The van der Waals surface area contributed by atoms with Gasteiger partial charge in [-0.2, -0.15) is 0 Å². The number of carboxylic acids is 1. The molecule has 0 amide bonds. The quantitative estimate of drug-likeness (QED) is 0.286. The van der Waals surface area contributed by atoms with Crippen LogP contribution in [0.2, 0.25) is 0 Å². The van der Waals surface area contributed by atoms with E-state index in [1.54, 1.807) is 6.08 Å². The average Bonchev–Trinajstić information content (AvgIpc) is 2.58. The van der Waals surface area contributed by atoms with Crippen molar-refractivity contribution < 1.29 is 66.4 Å². The molecule has 0 aromatic carbocycles. The molecule has 2 rings (SSSR count).